The Balaban J connectivity index is 1.70. The van der Waals surface area contributed by atoms with E-state index >= 15 is 0 Å². The third kappa shape index (κ3) is 4.45. The van der Waals surface area contributed by atoms with Crippen LogP contribution in [0.1, 0.15) is 10.4 Å². The number of rotatable bonds is 4. The molecule has 3 amide bonds. The number of amides is 3. The molecule has 0 aliphatic heterocycles. The number of anilines is 3. The summed E-state index contributed by atoms with van der Waals surface area (Å²) >= 11 is 0. The molecule has 0 saturated carbocycles. The zero-order valence-electron chi connectivity index (χ0n) is 13.4. The van der Waals surface area contributed by atoms with Crippen molar-refractivity contribution in [2.75, 3.05) is 16.0 Å². The Morgan fingerprint density at radius 1 is 0.560 bits per heavy atom. The van der Waals surface area contributed by atoms with E-state index < -0.39 is 0 Å². The SMILES string of the molecule is O=C(Nc1ccccc1)Nc1ccccc1NC(=O)c1ccccc1. The molecule has 124 valence electrons. The number of hydrogen-bond acceptors (Lipinski definition) is 2. The highest BCUT2D eigenvalue weighted by Crippen LogP contribution is 2.22. The van der Waals surface area contributed by atoms with E-state index in [9.17, 15) is 9.59 Å². The molecule has 0 radical (unpaired) electrons. The Hall–Kier alpha value is -3.60. The summed E-state index contributed by atoms with van der Waals surface area (Å²) in [5.74, 6) is -0.238. The molecule has 3 aromatic rings. The van der Waals surface area contributed by atoms with Crippen molar-refractivity contribution in [1.29, 1.82) is 0 Å². The minimum Gasteiger partial charge on any atom is -0.320 e. The monoisotopic (exact) mass is 331 g/mol. The predicted octanol–water partition coefficient (Wildman–Crippen LogP) is 4.58. The van der Waals surface area contributed by atoms with Crippen molar-refractivity contribution >= 4 is 29.0 Å². The van der Waals surface area contributed by atoms with Gasteiger partial charge in [-0.15, -0.1) is 0 Å². The number of nitrogens with one attached hydrogen (secondary N) is 3. The van der Waals surface area contributed by atoms with Crippen LogP contribution in [0.15, 0.2) is 84.9 Å². The summed E-state index contributed by atoms with van der Waals surface area (Å²) in [6.07, 6.45) is 0. The summed E-state index contributed by atoms with van der Waals surface area (Å²) < 4.78 is 0. The Labute approximate surface area is 145 Å². The first-order valence-corrected chi connectivity index (χ1v) is 7.81. The molecule has 0 aromatic heterocycles. The summed E-state index contributed by atoms with van der Waals surface area (Å²) in [5.41, 5.74) is 2.27. The van der Waals surface area contributed by atoms with Crippen LogP contribution in [0, 0.1) is 0 Å². The van der Waals surface area contributed by atoms with Crippen molar-refractivity contribution < 1.29 is 9.59 Å². The lowest BCUT2D eigenvalue weighted by Gasteiger charge is -2.13. The van der Waals surface area contributed by atoms with Gasteiger partial charge in [0.2, 0.25) is 0 Å². The van der Waals surface area contributed by atoms with E-state index in [0.29, 0.717) is 22.6 Å². The first-order valence-electron chi connectivity index (χ1n) is 7.81. The van der Waals surface area contributed by atoms with Gasteiger partial charge in [0, 0.05) is 11.3 Å². The fraction of sp³-hybridized carbons (Fsp3) is 0. The molecule has 3 rings (SSSR count). The van der Waals surface area contributed by atoms with Gasteiger partial charge >= 0.3 is 6.03 Å². The highest BCUT2D eigenvalue weighted by Gasteiger charge is 2.10. The standard InChI is InChI=1S/C20H17N3O2/c24-19(15-9-3-1-4-10-15)22-17-13-7-8-14-18(17)23-20(25)21-16-11-5-2-6-12-16/h1-14H,(H,22,24)(H2,21,23,25). The van der Waals surface area contributed by atoms with Crippen molar-refractivity contribution in [2.45, 2.75) is 0 Å². The maximum Gasteiger partial charge on any atom is 0.323 e. The van der Waals surface area contributed by atoms with Crippen molar-refractivity contribution in [3.05, 3.63) is 90.5 Å². The van der Waals surface area contributed by atoms with Crippen LogP contribution in [0.2, 0.25) is 0 Å². The highest BCUT2D eigenvalue weighted by molar-refractivity contribution is 6.08. The molecular formula is C20H17N3O2. The molecule has 0 fully saturated rings. The zero-order chi connectivity index (χ0) is 17.5. The topological polar surface area (TPSA) is 70.2 Å². The molecule has 0 spiro atoms. The van der Waals surface area contributed by atoms with Crippen LogP contribution in [-0.4, -0.2) is 11.9 Å². The van der Waals surface area contributed by atoms with Gasteiger partial charge in [-0.1, -0.05) is 48.5 Å². The third-order valence-electron chi connectivity index (χ3n) is 3.49. The molecule has 0 unspecified atom stereocenters. The van der Waals surface area contributed by atoms with Crippen LogP contribution in [-0.2, 0) is 0 Å². The molecule has 3 N–H and O–H groups in total. The van der Waals surface area contributed by atoms with E-state index in [0.717, 1.165) is 0 Å². The highest BCUT2D eigenvalue weighted by atomic mass is 16.2. The predicted molar refractivity (Wildman–Crippen MR) is 99.9 cm³/mol. The maximum atomic E-state index is 12.3. The second-order valence-corrected chi connectivity index (χ2v) is 5.31. The average molecular weight is 331 g/mol. The Morgan fingerprint density at radius 3 is 1.72 bits per heavy atom. The number of benzene rings is 3. The summed E-state index contributed by atoms with van der Waals surface area (Å²) in [4.78, 5) is 24.5. The Kier molecular flexibility index (Phi) is 5.07. The molecule has 25 heavy (non-hydrogen) atoms. The molecule has 5 nitrogen and oxygen atoms in total. The molecule has 3 aromatic carbocycles. The van der Waals surface area contributed by atoms with Crippen LogP contribution >= 0.6 is 0 Å². The van der Waals surface area contributed by atoms with Crippen molar-refractivity contribution in [1.82, 2.24) is 0 Å². The van der Waals surface area contributed by atoms with Crippen molar-refractivity contribution in [3.8, 4) is 0 Å². The molecule has 0 atom stereocenters. The number of carbonyl (C=O) groups excluding carboxylic acids is 2. The zero-order valence-corrected chi connectivity index (χ0v) is 13.4. The van der Waals surface area contributed by atoms with Gasteiger partial charge in [0.15, 0.2) is 0 Å². The summed E-state index contributed by atoms with van der Waals surface area (Å²) in [7, 11) is 0. The minimum absolute atomic E-state index is 0.238. The lowest BCUT2D eigenvalue weighted by atomic mass is 10.2. The number of urea groups is 1. The average Bonchev–Trinajstić information content (AvgIpc) is 2.65. The molecule has 0 bridgehead atoms. The fourth-order valence-corrected chi connectivity index (χ4v) is 2.29. The second-order valence-electron chi connectivity index (χ2n) is 5.31. The van der Waals surface area contributed by atoms with E-state index in [1.165, 1.54) is 0 Å². The van der Waals surface area contributed by atoms with E-state index in [4.69, 9.17) is 0 Å². The first kappa shape index (κ1) is 16.3. The van der Waals surface area contributed by atoms with Crippen LogP contribution in [0.5, 0.6) is 0 Å². The number of para-hydroxylation sites is 3. The molecule has 0 aliphatic rings. The molecular weight excluding hydrogens is 314 g/mol. The third-order valence-corrected chi connectivity index (χ3v) is 3.49. The van der Waals surface area contributed by atoms with E-state index in [1.54, 1.807) is 60.7 Å². The van der Waals surface area contributed by atoms with Crippen LogP contribution in [0.25, 0.3) is 0 Å². The van der Waals surface area contributed by atoms with Crippen molar-refractivity contribution in [2.24, 2.45) is 0 Å². The molecule has 5 heteroatoms. The maximum absolute atomic E-state index is 12.3. The normalized spacial score (nSPS) is 9.92. The van der Waals surface area contributed by atoms with Gasteiger partial charge in [0.25, 0.3) is 5.91 Å². The van der Waals surface area contributed by atoms with Gasteiger partial charge < -0.3 is 16.0 Å². The first-order chi connectivity index (χ1) is 12.2. The van der Waals surface area contributed by atoms with Crippen LogP contribution in [0.4, 0.5) is 21.9 Å². The van der Waals surface area contributed by atoms with Crippen LogP contribution < -0.4 is 16.0 Å². The number of carbonyl (C=O) groups is 2. The molecule has 0 heterocycles. The van der Waals surface area contributed by atoms with E-state index in [-0.39, 0.29) is 11.9 Å². The summed E-state index contributed by atoms with van der Waals surface area (Å²) in [6.45, 7) is 0. The van der Waals surface area contributed by atoms with Crippen LogP contribution in [0.3, 0.4) is 0 Å². The van der Waals surface area contributed by atoms with Gasteiger partial charge in [-0.3, -0.25) is 4.79 Å². The largest absolute Gasteiger partial charge is 0.323 e. The molecule has 0 saturated heterocycles. The van der Waals surface area contributed by atoms with Gasteiger partial charge in [0.05, 0.1) is 11.4 Å². The summed E-state index contributed by atoms with van der Waals surface area (Å²) in [6, 6.07) is 24.7. The molecule has 0 aliphatic carbocycles. The quantitative estimate of drug-likeness (QED) is 0.655. The minimum atomic E-state index is -0.382. The van der Waals surface area contributed by atoms with E-state index in [1.807, 2.05) is 24.3 Å². The Bertz CT molecular complexity index is 864. The fourth-order valence-electron chi connectivity index (χ4n) is 2.29. The van der Waals surface area contributed by atoms with Gasteiger partial charge in [0.1, 0.15) is 0 Å². The summed E-state index contributed by atoms with van der Waals surface area (Å²) in [5, 5.41) is 8.31. The smallest absolute Gasteiger partial charge is 0.320 e. The second kappa shape index (κ2) is 7.79. The van der Waals surface area contributed by atoms with E-state index in [2.05, 4.69) is 16.0 Å². The lowest BCUT2D eigenvalue weighted by molar-refractivity contribution is 0.102. The number of hydrogen-bond donors (Lipinski definition) is 3. The Morgan fingerprint density at radius 2 is 1.08 bits per heavy atom. The van der Waals surface area contributed by atoms with Gasteiger partial charge in [-0.05, 0) is 36.4 Å². The van der Waals surface area contributed by atoms with Gasteiger partial charge in [-0.2, -0.15) is 0 Å². The lowest BCUT2D eigenvalue weighted by Crippen LogP contribution is -2.21. The van der Waals surface area contributed by atoms with Crippen molar-refractivity contribution in [3.63, 3.8) is 0 Å². The van der Waals surface area contributed by atoms with Gasteiger partial charge in [-0.25, -0.2) is 4.79 Å².